The summed E-state index contributed by atoms with van der Waals surface area (Å²) in [6.45, 7) is 4.46. The Labute approximate surface area is 129 Å². The van der Waals surface area contributed by atoms with Crippen molar-refractivity contribution in [2.24, 2.45) is 5.73 Å². The summed E-state index contributed by atoms with van der Waals surface area (Å²) < 4.78 is 0. The molecule has 1 heterocycles. The maximum absolute atomic E-state index is 11.9. The summed E-state index contributed by atoms with van der Waals surface area (Å²) in [6.07, 6.45) is 0. The molecule has 2 rings (SSSR count). The minimum atomic E-state index is -0.401. The van der Waals surface area contributed by atoms with E-state index in [0.29, 0.717) is 18.1 Å². The number of nitrogens with zero attached hydrogens (tertiary/aromatic N) is 2. The largest absolute Gasteiger partial charge is 0.369 e. The van der Waals surface area contributed by atoms with Crippen molar-refractivity contribution in [2.45, 2.75) is 26.4 Å². The second kappa shape index (κ2) is 7.00. The molecule has 2 aromatic rings. The smallest absolute Gasteiger partial charge is 0.251 e. The van der Waals surface area contributed by atoms with Gasteiger partial charge < -0.3 is 10.7 Å². The molecule has 3 N–H and O–H groups in total. The number of primary amides is 1. The topological polar surface area (TPSA) is 92.1 Å². The monoisotopic (exact) mass is 300 g/mol. The summed E-state index contributed by atoms with van der Waals surface area (Å²) in [5, 5.41) is 0. The van der Waals surface area contributed by atoms with Gasteiger partial charge in [0, 0.05) is 24.2 Å². The van der Waals surface area contributed by atoms with E-state index in [4.69, 9.17) is 5.73 Å². The molecule has 116 valence electrons. The van der Waals surface area contributed by atoms with Crippen LogP contribution in [0.4, 0.5) is 0 Å². The van der Waals surface area contributed by atoms with Gasteiger partial charge in [0.2, 0.25) is 5.91 Å². The van der Waals surface area contributed by atoms with Crippen LogP contribution in [0.15, 0.2) is 41.2 Å². The predicted molar refractivity (Wildman–Crippen MR) is 85.0 cm³/mol. The van der Waals surface area contributed by atoms with E-state index >= 15 is 0 Å². The Morgan fingerprint density at radius 2 is 2.00 bits per heavy atom. The zero-order valence-electron chi connectivity index (χ0n) is 12.7. The minimum absolute atomic E-state index is 0.119. The van der Waals surface area contributed by atoms with Crippen LogP contribution < -0.4 is 11.3 Å². The van der Waals surface area contributed by atoms with E-state index in [2.05, 4.69) is 9.97 Å². The Kier molecular flexibility index (Phi) is 5.06. The van der Waals surface area contributed by atoms with Crippen molar-refractivity contribution in [2.75, 3.05) is 6.54 Å². The van der Waals surface area contributed by atoms with Crippen LogP contribution in [0.25, 0.3) is 11.4 Å². The molecule has 0 saturated carbocycles. The Hall–Kier alpha value is -2.47. The summed E-state index contributed by atoms with van der Waals surface area (Å²) in [5.74, 6) is 0.118. The Morgan fingerprint density at radius 1 is 1.32 bits per heavy atom. The summed E-state index contributed by atoms with van der Waals surface area (Å²) in [6, 6.07) is 11.0. The molecule has 1 aromatic heterocycles. The lowest BCUT2D eigenvalue weighted by atomic mass is 10.2. The number of aromatic nitrogens is 2. The molecule has 1 aromatic carbocycles. The molecule has 0 fully saturated rings. The Balaban J connectivity index is 2.30. The molecule has 0 aliphatic carbocycles. The standard InChI is InChI=1S/C16H20N4O2/c1-11(2)20(10-14(17)21)9-13-8-15(22)19-16(18-13)12-6-4-3-5-7-12/h3-8,11H,9-10H2,1-2H3,(H2,17,21)(H,18,19,22). The third-order valence-electron chi connectivity index (χ3n) is 3.30. The van der Waals surface area contributed by atoms with Gasteiger partial charge in [-0.3, -0.25) is 14.5 Å². The third-order valence-corrected chi connectivity index (χ3v) is 3.30. The number of H-pyrrole nitrogens is 1. The molecule has 6 heteroatoms. The fraction of sp³-hybridized carbons (Fsp3) is 0.312. The van der Waals surface area contributed by atoms with Gasteiger partial charge in [0.1, 0.15) is 5.82 Å². The van der Waals surface area contributed by atoms with E-state index in [1.54, 1.807) is 0 Å². The number of hydrogen-bond acceptors (Lipinski definition) is 4. The fourth-order valence-corrected chi connectivity index (χ4v) is 2.15. The summed E-state index contributed by atoms with van der Waals surface area (Å²) >= 11 is 0. The van der Waals surface area contributed by atoms with E-state index in [-0.39, 0.29) is 18.1 Å². The number of carbonyl (C=O) groups excluding carboxylic acids is 1. The zero-order valence-corrected chi connectivity index (χ0v) is 12.7. The lowest BCUT2D eigenvalue weighted by Crippen LogP contribution is -2.38. The van der Waals surface area contributed by atoms with Gasteiger partial charge in [0.05, 0.1) is 12.2 Å². The lowest BCUT2D eigenvalue weighted by Gasteiger charge is -2.24. The number of hydrogen-bond donors (Lipinski definition) is 2. The molecule has 0 radical (unpaired) electrons. The van der Waals surface area contributed by atoms with Crippen molar-refractivity contribution < 1.29 is 4.79 Å². The number of rotatable bonds is 6. The van der Waals surface area contributed by atoms with Crippen LogP contribution in [-0.2, 0) is 11.3 Å². The molecular weight excluding hydrogens is 280 g/mol. The number of nitrogens with two attached hydrogens (primary N) is 1. The highest BCUT2D eigenvalue weighted by Crippen LogP contribution is 2.13. The first-order valence-electron chi connectivity index (χ1n) is 7.13. The summed E-state index contributed by atoms with van der Waals surface area (Å²) in [7, 11) is 0. The summed E-state index contributed by atoms with van der Waals surface area (Å²) in [5.41, 5.74) is 6.50. The molecule has 0 saturated heterocycles. The van der Waals surface area contributed by atoms with E-state index in [1.807, 2.05) is 49.1 Å². The predicted octanol–water partition coefficient (Wildman–Crippen LogP) is 1.13. The minimum Gasteiger partial charge on any atom is -0.369 e. The van der Waals surface area contributed by atoms with Crippen molar-refractivity contribution in [3.05, 3.63) is 52.4 Å². The second-order valence-electron chi connectivity index (χ2n) is 5.42. The van der Waals surface area contributed by atoms with Gasteiger partial charge in [0.25, 0.3) is 5.56 Å². The van der Waals surface area contributed by atoms with Crippen molar-refractivity contribution in [1.82, 2.24) is 14.9 Å². The van der Waals surface area contributed by atoms with E-state index in [1.165, 1.54) is 6.07 Å². The van der Waals surface area contributed by atoms with Gasteiger partial charge in [0.15, 0.2) is 0 Å². The second-order valence-corrected chi connectivity index (χ2v) is 5.42. The van der Waals surface area contributed by atoms with E-state index < -0.39 is 5.91 Å². The first-order valence-corrected chi connectivity index (χ1v) is 7.13. The number of benzene rings is 1. The van der Waals surface area contributed by atoms with Crippen LogP contribution in [0, 0.1) is 0 Å². The normalized spacial score (nSPS) is 11.1. The molecule has 0 bridgehead atoms. The SMILES string of the molecule is CC(C)N(CC(N)=O)Cc1cc(=O)[nH]c(-c2ccccc2)n1. The molecule has 22 heavy (non-hydrogen) atoms. The average molecular weight is 300 g/mol. The Bertz CT molecular complexity index is 695. The molecule has 0 aliphatic rings. The van der Waals surface area contributed by atoms with Gasteiger partial charge in [-0.05, 0) is 13.8 Å². The van der Waals surface area contributed by atoms with Gasteiger partial charge in [-0.25, -0.2) is 4.98 Å². The third kappa shape index (κ3) is 4.26. The number of amides is 1. The van der Waals surface area contributed by atoms with Crippen LogP contribution in [0.3, 0.4) is 0 Å². The molecule has 0 spiro atoms. The van der Waals surface area contributed by atoms with Crippen LogP contribution in [0.5, 0.6) is 0 Å². The molecule has 1 amide bonds. The number of aromatic amines is 1. The Morgan fingerprint density at radius 3 is 2.59 bits per heavy atom. The van der Waals surface area contributed by atoms with Crippen molar-refractivity contribution in [3.8, 4) is 11.4 Å². The van der Waals surface area contributed by atoms with Crippen LogP contribution in [-0.4, -0.2) is 33.4 Å². The highest BCUT2D eigenvalue weighted by molar-refractivity contribution is 5.75. The molecule has 0 aliphatic heterocycles. The molecule has 0 unspecified atom stereocenters. The molecular formula is C16H20N4O2. The summed E-state index contributed by atoms with van der Waals surface area (Å²) in [4.78, 5) is 32.1. The van der Waals surface area contributed by atoms with Crippen LogP contribution in [0.2, 0.25) is 0 Å². The van der Waals surface area contributed by atoms with E-state index in [0.717, 1.165) is 5.56 Å². The van der Waals surface area contributed by atoms with Gasteiger partial charge in [-0.1, -0.05) is 30.3 Å². The van der Waals surface area contributed by atoms with E-state index in [9.17, 15) is 9.59 Å². The molecule has 0 atom stereocenters. The van der Waals surface area contributed by atoms with Crippen molar-refractivity contribution in [1.29, 1.82) is 0 Å². The lowest BCUT2D eigenvalue weighted by molar-refractivity contribution is -0.119. The first-order chi connectivity index (χ1) is 10.5. The maximum Gasteiger partial charge on any atom is 0.251 e. The van der Waals surface area contributed by atoms with Crippen LogP contribution in [0.1, 0.15) is 19.5 Å². The maximum atomic E-state index is 11.9. The average Bonchev–Trinajstić information content (AvgIpc) is 2.46. The van der Waals surface area contributed by atoms with Gasteiger partial charge >= 0.3 is 0 Å². The van der Waals surface area contributed by atoms with Crippen molar-refractivity contribution in [3.63, 3.8) is 0 Å². The number of nitrogens with one attached hydrogen (secondary N) is 1. The zero-order chi connectivity index (χ0) is 16.1. The van der Waals surface area contributed by atoms with Gasteiger partial charge in [-0.2, -0.15) is 0 Å². The first kappa shape index (κ1) is 15.9. The van der Waals surface area contributed by atoms with Crippen molar-refractivity contribution >= 4 is 5.91 Å². The molecule has 6 nitrogen and oxygen atoms in total. The fourth-order valence-electron chi connectivity index (χ4n) is 2.15. The highest BCUT2D eigenvalue weighted by Gasteiger charge is 2.14. The highest BCUT2D eigenvalue weighted by atomic mass is 16.1. The number of carbonyl (C=O) groups is 1. The van der Waals surface area contributed by atoms with Crippen LogP contribution >= 0.6 is 0 Å². The quantitative estimate of drug-likeness (QED) is 0.836. The van der Waals surface area contributed by atoms with Gasteiger partial charge in [-0.15, -0.1) is 0 Å².